The van der Waals surface area contributed by atoms with Crippen LogP contribution in [0.3, 0.4) is 0 Å². The van der Waals surface area contributed by atoms with Crippen LogP contribution in [0.1, 0.15) is 18.7 Å². The number of hydrogen-bond acceptors (Lipinski definition) is 6. The first-order valence-electron chi connectivity index (χ1n) is 8.82. The average Bonchev–Trinajstić information content (AvgIpc) is 3.33. The van der Waals surface area contributed by atoms with Crippen LogP contribution in [0, 0.1) is 11.7 Å². The molecule has 0 radical (unpaired) electrons. The Morgan fingerprint density at radius 3 is 3.11 bits per heavy atom. The minimum Gasteiger partial charge on any atom is -0.338 e. The van der Waals surface area contributed by atoms with E-state index in [1.54, 1.807) is 23.5 Å². The number of hydrogen-bond donors (Lipinski definition) is 1. The molecule has 1 aromatic carbocycles. The summed E-state index contributed by atoms with van der Waals surface area (Å²) in [6.07, 6.45) is 1.72. The average molecular weight is 386 g/mol. The molecule has 1 aliphatic heterocycles. The number of carbonyl (C=O) groups excluding carboxylic acids is 1. The molecule has 0 aliphatic carbocycles. The predicted molar refractivity (Wildman–Crippen MR) is 101 cm³/mol. The largest absolute Gasteiger partial charge is 0.338 e. The Hall–Kier alpha value is -2.58. The van der Waals surface area contributed by atoms with Crippen molar-refractivity contribution in [2.24, 2.45) is 5.92 Å². The van der Waals surface area contributed by atoms with E-state index in [2.05, 4.69) is 20.4 Å². The maximum atomic E-state index is 13.3. The molecule has 1 fully saturated rings. The summed E-state index contributed by atoms with van der Waals surface area (Å²) in [6, 6.07) is 9.84. The number of nitrogens with zero attached hydrogens (tertiary/aromatic N) is 3. The van der Waals surface area contributed by atoms with Crippen molar-refractivity contribution in [3.63, 3.8) is 0 Å². The number of likely N-dealkylation sites (tertiary alicyclic amines) is 1. The Balaban J connectivity index is 1.36. The number of nitrogens with one attached hydrogen (secondary N) is 1. The van der Waals surface area contributed by atoms with Crippen molar-refractivity contribution >= 4 is 22.9 Å². The Bertz CT molecular complexity index is 912. The lowest BCUT2D eigenvalue weighted by Gasteiger charge is -2.30. The van der Waals surface area contributed by atoms with Gasteiger partial charge < -0.3 is 9.84 Å². The molecule has 0 spiro atoms. The van der Waals surface area contributed by atoms with Gasteiger partial charge in [0, 0.05) is 12.2 Å². The second-order valence-electron chi connectivity index (χ2n) is 6.56. The Kier molecular flexibility index (Phi) is 5.26. The number of thiophene rings is 1. The summed E-state index contributed by atoms with van der Waals surface area (Å²) in [6.45, 7) is 2.00. The number of amides is 1. The van der Waals surface area contributed by atoms with Crippen LogP contribution in [0.15, 0.2) is 46.3 Å². The van der Waals surface area contributed by atoms with Crippen LogP contribution in [0.5, 0.6) is 0 Å². The molecule has 4 rings (SSSR count). The number of rotatable bonds is 5. The van der Waals surface area contributed by atoms with E-state index in [0.717, 1.165) is 24.3 Å². The summed E-state index contributed by atoms with van der Waals surface area (Å²) in [5, 5.41) is 8.80. The van der Waals surface area contributed by atoms with E-state index in [0.29, 0.717) is 30.5 Å². The van der Waals surface area contributed by atoms with Gasteiger partial charge >= 0.3 is 0 Å². The van der Waals surface area contributed by atoms with Crippen molar-refractivity contribution in [2.75, 3.05) is 18.4 Å². The number of anilines is 1. The number of piperidine rings is 1. The smallest absolute Gasteiger partial charge is 0.241 e. The van der Waals surface area contributed by atoms with Gasteiger partial charge in [-0.2, -0.15) is 4.98 Å². The highest BCUT2D eigenvalue weighted by atomic mass is 32.1. The van der Waals surface area contributed by atoms with Crippen molar-refractivity contribution in [3.05, 3.63) is 53.5 Å². The van der Waals surface area contributed by atoms with E-state index in [1.807, 2.05) is 17.5 Å². The molecule has 1 unspecified atom stereocenters. The third-order valence-electron chi connectivity index (χ3n) is 4.54. The molecule has 1 atom stereocenters. The first-order valence-corrected chi connectivity index (χ1v) is 9.70. The molecule has 1 amide bonds. The van der Waals surface area contributed by atoms with Crippen LogP contribution >= 0.6 is 11.3 Å². The maximum Gasteiger partial charge on any atom is 0.241 e. The van der Waals surface area contributed by atoms with Gasteiger partial charge in [0.1, 0.15) is 5.82 Å². The Labute approximate surface area is 160 Å². The van der Waals surface area contributed by atoms with Crippen LogP contribution in [0.25, 0.3) is 10.7 Å². The van der Waals surface area contributed by atoms with Gasteiger partial charge in [-0.3, -0.25) is 9.69 Å². The number of halogens is 1. The summed E-state index contributed by atoms with van der Waals surface area (Å²) < 4.78 is 18.6. The van der Waals surface area contributed by atoms with Crippen molar-refractivity contribution < 1.29 is 13.7 Å². The topological polar surface area (TPSA) is 71.3 Å². The van der Waals surface area contributed by atoms with Crippen LogP contribution in [0.2, 0.25) is 0 Å². The minimum absolute atomic E-state index is 0.0879. The van der Waals surface area contributed by atoms with Gasteiger partial charge in [0.25, 0.3) is 0 Å². The first kappa shape index (κ1) is 17.8. The second kappa shape index (κ2) is 7.98. The maximum absolute atomic E-state index is 13.3. The number of benzene rings is 1. The molecule has 0 bridgehead atoms. The van der Waals surface area contributed by atoms with E-state index < -0.39 is 0 Å². The van der Waals surface area contributed by atoms with Gasteiger partial charge in [0.15, 0.2) is 0 Å². The van der Waals surface area contributed by atoms with Crippen molar-refractivity contribution in [3.8, 4) is 10.7 Å². The zero-order valence-corrected chi connectivity index (χ0v) is 15.4. The lowest BCUT2D eigenvalue weighted by atomic mass is 9.97. The first-order chi connectivity index (χ1) is 13.2. The lowest BCUT2D eigenvalue weighted by molar-refractivity contribution is -0.121. The molecular weight excluding hydrogens is 367 g/mol. The quantitative estimate of drug-likeness (QED) is 0.722. The van der Waals surface area contributed by atoms with Crippen molar-refractivity contribution in [1.29, 1.82) is 0 Å². The predicted octanol–water partition coefficient (Wildman–Crippen LogP) is 3.79. The molecule has 2 aromatic heterocycles. The van der Waals surface area contributed by atoms with E-state index in [9.17, 15) is 9.18 Å². The van der Waals surface area contributed by atoms with Gasteiger partial charge in [0.05, 0.1) is 17.3 Å². The molecule has 140 valence electrons. The lowest BCUT2D eigenvalue weighted by Crippen LogP contribution is -2.40. The normalized spacial score (nSPS) is 17.7. The fourth-order valence-electron chi connectivity index (χ4n) is 3.24. The molecule has 27 heavy (non-hydrogen) atoms. The fourth-order valence-corrected chi connectivity index (χ4v) is 3.89. The summed E-state index contributed by atoms with van der Waals surface area (Å²) >= 11 is 1.56. The van der Waals surface area contributed by atoms with Crippen LogP contribution < -0.4 is 5.32 Å². The summed E-state index contributed by atoms with van der Waals surface area (Å²) in [5.74, 6) is 0.537. The molecule has 1 saturated heterocycles. The van der Waals surface area contributed by atoms with Crippen LogP contribution in [-0.4, -0.2) is 34.0 Å². The van der Waals surface area contributed by atoms with Crippen molar-refractivity contribution in [1.82, 2.24) is 15.0 Å². The monoisotopic (exact) mass is 386 g/mol. The van der Waals surface area contributed by atoms with E-state index in [4.69, 9.17) is 4.52 Å². The Morgan fingerprint density at radius 2 is 2.30 bits per heavy atom. The Morgan fingerprint density at radius 1 is 1.37 bits per heavy atom. The standard InChI is InChI=1S/C19H19FN4O2S/c20-14-5-1-6-15(10-14)21-19(25)13-4-2-8-24(11-13)12-17-22-18(23-26-17)16-7-3-9-27-16/h1,3,5-7,9-10,13H,2,4,8,11-12H2,(H,21,25). The van der Waals surface area contributed by atoms with Gasteiger partial charge in [-0.15, -0.1) is 11.3 Å². The second-order valence-corrected chi connectivity index (χ2v) is 7.51. The van der Waals surface area contributed by atoms with E-state index in [1.165, 1.54) is 12.1 Å². The number of carbonyl (C=O) groups is 1. The molecule has 1 N–H and O–H groups in total. The van der Waals surface area contributed by atoms with Gasteiger partial charge in [0.2, 0.25) is 17.6 Å². The molecular formula is C19H19FN4O2S. The van der Waals surface area contributed by atoms with E-state index >= 15 is 0 Å². The highest BCUT2D eigenvalue weighted by Gasteiger charge is 2.27. The number of aromatic nitrogens is 2. The molecule has 3 heterocycles. The third-order valence-corrected chi connectivity index (χ3v) is 5.40. The SMILES string of the molecule is O=C(Nc1cccc(F)c1)C1CCCN(Cc2nc(-c3cccs3)no2)C1. The highest BCUT2D eigenvalue weighted by Crippen LogP contribution is 2.23. The minimum atomic E-state index is -0.365. The van der Waals surface area contributed by atoms with Gasteiger partial charge in [-0.05, 0) is 49.0 Å². The molecule has 0 saturated carbocycles. The fraction of sp³-hybridized carbons (Fsp3) is 0.316. The molecule has 6 nitrogen and oxygen atoms in total. The molecule has 8 heteroatoms. The summed E-state index contributed by atoms with van der Waals surface area (Å²) in [4.78, 5) is 20.1. The highest BCUT2D eigenvalue weighted by molar-refractivity contribution is 7.13. The molecule has 1 aliphatic rings. The van der Waals surface area contributed by atoms with Gasteiger partial charge in [-0.1, -0.05) is 17.3 Å². The summed E-state index contributed by atoms with van der Waals surface area (Å²) in [7, 11) is 0. The van der Waals surface area contributed by atoms with Gasteiger partial charge in [-0.25, -0.2) is 4.39 Å². The zero-order chi connectivity index (χ0) is 18.6. The van der Waals surface area contributed by atoms with E-state index in [-0.39, 0.29) is 17.6 Å². The van der Waals surface area contributed by atoms with Crippen molar-refractivity contribution in [2.45, 2.75) is 19.4 Å². The summed E-state index contributed by atoms with van der Waals surface area (Å²) in [5.41, 5.74) is 0.481. The third kappa shape index (κ3) is 4.40. The van der Waals surface area contributed by atoms with Crippen LogP contribution in [0.4, 0.5) is 10.1 Å². The molecule has 3 aromatic rings. The zero-order valence-electron chi connectivity index (χ0n) is 14.6. The van der Waals surface area contributed by atoms with Crippen LogP contribution in [-0.2, 0) is 11.3 Å².